The number of aldehydes is 1. The molecule has 1 aliphatic heterocycles. The number of carbonyl (C=O) groups excluding carboxylic acids is 2. The molecule has 2 N–H and O–H groups in total. The highest BCUT2D eigenvalue weighted by Crippen LogP contribution is 2.30. The van der Waals surface area contributed by atoms with Crippen LogP contribution in [0.5, 0.6) is 0 Å². The third-order valence-electron chi connectivity index (χ3n) is 6.43. The van der Waals surface area contributed by atoms with Gasteiger partial charge in [0.25, 0.3) is 0 Å². The molecule has 0 unspecified atom stereocenters. The summed E-state index contributed by atoms with van der Waals surface area (Å²) in [5.74, 6) is 0.251. The lowest BCUT2D eigenvalue weighted by molar-refractivity contribution is -0.112. The van der Waals surface area contributed by atoms with Crippen molar-refractivity contribution in [2.24, 2.45) is 0 Å². The van der Waals surface area contributed by atoms with Gasteiger partial charge in [-0.3, -0.25) is 9.69 Å². The topological polar surface area (TPSA) is 90.5 Å². The average Bonchev–Trinajstić information content (AvgIpc) is 2.94. The van der Waals surface area contributed by atoms with E-state index in [1.165, 1.54) is 6.08 Å². The fourth-order valence-corrected chi connectivity index (χ4v) is 4.49. The van der Waals surface area contributed by atoms with Crippen molar-refractivity contribution in [1.29, 1.82) is 0 Å². The Labute approximate surface area is 215 Å². The van der Waals surface area contributed by atoms with Crippen LogP contribution < -0.4 is 15.5 Å². The monoisotopic (exact) mass is 492 g/mol. The molecule has 0 bridgehead atoms. The van der Waals surface area contributed by atoms with E-state index < -0.39 is 0 Å². The van der Waals surface area contributed by atoms with Gasteiger partial charge >= 0.3 is 0 Å². The summed E-state index contributed by atoms with van der Waals surface area (Å²) < 4.78 is 0. The minimum Gasteiger partial charge on any atom is -0.369 e. The molecule has 1 aliphatic rings. The lowest BCUT2D eigenvalue weighted by Crippen LogP contribution is -2.46. The highest BCUT2D eigenvalue weighted by Gasteiger charge is 2.16. The predicted octanol–water partition coefficient (Wildman–Crippen LogP) is 4.49. The highest BCUT2D eigenvalue weighted by molar-refractivity contribution is 6.00. The molecule has 0 atom stereocenters. The quantitative estimate of drug-likeness (QED) is 0.277. The summed E-state index contributed by atoms with van der Waals surface area (Å²) in [6, 6.07) is 21.8. The lowest BCUT2D eigenvalue weighted by Gasteiger charge is -2.35. The van der Waals surface area contributed by atoms with Crippen LogP contribution in [-0.4, -0.2) is 59.8 Å². The largest absolute Gasteiger partial charge is 0.369 e. The summed E-state index contributed by atoms with van der Waals surface area (Å²) in [5.41, 5.74) is 5.45. The molecule has 1 fully saturated rings. The molecule has 0 spiro atoms. The van der Waals surface area contributed by atoms with Crippen LogP contribution in [0.2, 0.25) is 0 Å². The summed E-state index contributed by atoms with van der Waals surface area (Å²) in [6.07, 6.45) is 4.03. The van der Waals surface area contributed by atoms with Crippen LogP contribution in [0.1, 0.15) is 0 Å². The number of aromatic nitrogens is 2. The Kier molecular flexibility index (Phi) is 7.19. The minimum absolute atomic E-state index is 0.255. The van der Waals surface area contributed by atoms with Crippen molar-refractivity contribution in [2.75, 3.05) is 48.3 Å². The van der Waals surface area contributed by atoms with Crippen LogP contribution in [0.25, 0.3) is 22.0 Å². The molecule has 0 aliphatic carbocycles. The zero-order chi connectivity index (χ0) is 25.6. The molecule has 1 saturated heterocycles. The van der Waals surface area contributed by atoms with E-state index in [4.69, 9.17) is 4.98 Å². The predicted molar refractivity (Wildman–Crippen MR) is 148 cm³/mol. The third kappa shape index (κ3) is 5.65. The molecule has 1 amide bonds. The maximum atomic E-state index is 11.7. The molecule has 4 aromatic rings. The second-order valence-corrected chi connectivity index (χ2v) is 8.84. The van der Waals surface area contributed by atoms with Gasteiger partial charge in [-0.15, -0.1) is 0 Å². The van der Waals surface area contributed by atoms with Gasteiger partial charge in [0.1, 0.15) is 6.29 Å². The fourth-order valence-electron chi connectivity index (χ4n) is 4.49. The van der Waals surface area contributed by atoms with Gasteiger partial charge < -0.3 is 20.3 Å². The first kappa shape index (κ1) is 24.1. The Bertz CT molecular complexity index is 1430. The van der Waals surface area contributed by atoms with Crippen LogP contribution in [0.4, 0.5) is 23.0 Å². The van der Waals surface area contributed by atoms with Gasteiger partial charge in [0.2, 0.25) is 11.9 Å². The molecule has 8 heteroatoms. The molecule has 1 aromatic heterocycles. The van der Waals surface area contributed by atoms with E-state index >= 15 is 0 Å². The molecular formula is C29H28N6O2. The van der Waals surface area contributed by atoms with Crippen molar-refractivity contribution in [3.8, 4) is 11.1 Å². The van der Waals surface area contributed by atoms with Crippen molar-refractivity contribution in [3.63, 3.8) is 0 Å². The molecule has 2 heterocycles. The van der Waals surface area contributed by atoms with Crippen molar-refractivity contribution in [1.82, 2.24) is 14.9 Å². The fraction of sp³-hybridized carbons (Fsp3) is 0.172. The van der Waals surface area contributed by atoms with Gasteiger partial charge in [0.05, 0.1) is 12.1 Å². The zero-order valence-electron chi connectivity index (χ0n) is 20.4. The van der Waals surface area contributed by atoms with Crippen LogP contribution in [0, 0.1) is 0 Å². The number of para-hydroxylation sites is 1. The Morgan fingerprint density at radius 3 is 2.51 bits per heavy atom. The van der Waals surface area contributed by atoms with Gasteiger partial charge in [0.15, 0.2) is 0 Å². The van der Waals surface area contributed by atoms with Gasteiger partial charge in [-0.1, -0.05) is 36.9 Å². The maximum absolute atomic E-state index is 11.7. The SMILES string of the molecule is C=CC(=O)Nc1cccc(-c2cccc3cnc(Nc4ccc(N5CCN(CC=O)CC5)cc4)nc23)c1. The van der Waals surface area contributed by atoms with Gasteiger partial charge in [-0.2, -0.15) is 0 Å². The van der Waals surface area contributed by atoms with E-state index in [9.17, 15) is 9.59 Å². The molecule has 8 nitrogen and oxygen atoms in total. The van der Waals surface area contributed by atoms with Gasteiger partial charge in [-0.25, -0.2) is 9.97 Å². The normalized spacial score (nSPS) is 13.8. The van der Waals surface area contributed by atoms with Crippen molar-refractivity contribution in [2.45, 2.75) is 0 Å². The van der Waals surface area contributed by atoms with Crippen LogP contribution in [0.3, 0.4) is 0 Å². The summed E-state index contributed by atoms with van der Waals surface area (Å²) in [5, 5.41) is 7.05. The average molecular weight is 493 g/mol. The van der Waals surface area contributed by atoms with Crippen molar-refractivity contribution < 1.29 is 9.59 Å². The molecular weight excluding hydrogens is 464 g/mol. The molecule has 0 saturated carbocycles. The number of rotatable bonds is 8. The second kappa shape index (κ2) is 11.0. The Morgan fingerprint density at radius 1 is 0.973 bits per heavy atom. The number of hydrogen-bond acceptors (Lipinski definition) is 7. The number of carbonyl (C=O) groups is 2. The number of hydrogen-bond donors (Lipinski definition) is 2. The number of anilines is 4. The summed E-state index contributed by atoms with van der Waals surface area (Å²) in [4.78, 5) is 36.3. The Morgan fingerprint density at radius 2 is 1.76 bits per heavy atom. The van der Waals surface area contributed by atoms with Crippen LogP contribution in [0.15, 0.2) is 85.6 Å². The Hall–Kier alpha value is -4.56. The van der Waals surface area contributed by atoms with E-state index in [0.717, 1.165) is 65.9 Å². The molecule has 186 valence electrons. The molecule has 3 aromatic carbocycles. The van der Waals surface area contributed by atoms with E-state index in [0.29, 0.717) is 18.2 Å². The van der Waals surface area contributed by atoms with Crippen LogP contribution >= 0.6 is 0 Å². The number of benzene rings is 3. The van der Waals surface area contributed by atoms with Crippen molar-refractivity contribution in [3.05, 3.63) is 85.6 Å². The molecule has 5 rings (SSSR count). The summed E-state index contributed by atoms with van der Waals surface area (Å²) in [6.45, 7) is 7.58. The summed E-state index contributed by atoms with van der Waals surface area (Å²) in [7, 11) is 0. The zero-order valence-corrected chi connectivity index (χ0v) is 20.4. The highest BCUT2D eigenvalue weighted by atomic mass is 16.1. The maximum Gasteiger partial charge on any atom is 0.247 e. The second-order valence-electron chi connectivity index (χ2n) is 8.84. The number of nitrogens with one attached hydrogen (secondary N) is 2. The third-order valence-corrected chi connectivity index (χ3v) is 6.43. The standard InChI is InChI=1S/C29H28N6O2/c1-2-27(37)31-24-7-3-5-21(19-24)26-8-4-6-22-20-30-29(33-28(22)26)32-23-9-11-25(12-10-23)35-15-13-34(14-16-35)17-18-36/h2-12,18-20H,1,13-17H2,(H,31,37)(H,30,32,33). The van der Waals surface area contributed by atoms with E-state index in [1.54, 1.807) is 0 Å². The van der Waals surface area contributed by atoms with Crippen molar-refractivity contribution >= 4 is 46.1 Å². The molecule has 37 heavy (non-hydrogen) atoms. The lowest BCUT2D eigenvalue weighted by atomic mass is 10.0. The van der Waals surface area contributed by atoms with Crippen LogP contribution in [-0.2, 0) is 9.59 Å². The number of nitrogens with zero attached hydrogens (tertiary/aromatic N) is 4. The first-order valence-electron chi connectivity index (χ1n) is 12.2. The first-order chi connectivity index (χ1) is 18.1. The van der Waals surface area contributed by atoms with E-state index in [1.807, 2.05) is 60.8 Å². The smallest absolute Gasteiger partial charge is 0.247 e. The number of piperazine rings is 1. The van der Waals surface area contributed by atoms with E-state index in [2.05, 4.69) is 44.1 Å². The number of fused-ring (bicyclic) bond motifs is 1. The Balaban J connectivity index is 1.34. The number of amides is 1. The summed E-state index contributed by atoms with van der Waals surface area (Å²) >= 11 is 0. The molecule has 0 radical (unpaired) electrons. The minimum atomic E-state index is -0.255. The van der Waals surface area contributed by atoms with E-state index in [-0.39, 0.29) is 5.91 Å². The van der Waals surface area contributed by atoms with Gasteiger partial charge in [-0.05, 0) is 48.0 Å². The van der Waals surface area contributed by atoms with Gasteiger partial charge in [0, 0.05) is 60.4 Å². The first-order valence-corrected chi connectivity index (χ1v) is 12.2.